The summed E-state index contributed by atoms with van der Waals surface area (Å²) in [4.78, 5) is 13.1. The fraction of sp³-hybridized carbons (Fsp3) is 0.667. The fourth-order valence-electron chi connectivity index (χ4n) is 6.65. The summed E-state index contributed by atoms with van der Waals surface area (Å²) in [6.45, 7) is 6.58. The number of hydrogen-bond donors (Lipinski definition) is 1. The molecule has 140 valence electrons. The third-order valence-electron chi connectivity index (χ3n) is 8.17. The molecule has 8 heteroatoms. The minimum absolute atomic E-state index is 0.0149. The van der Waals surface area contributed by atoms with Crippen molar-refractivity contribution in [2.24, 2.45) is 17.9 Å². The summed E-state index contributed by atoms with van der Waals surface area (Å²) >= 11 is 0. The molecule has 1 spiro atoms. The Hall–Kier alpha value is -1.99. The Labute approximate surface area is 148 Å². The Morgan fingerprint density at radius 3 is 2.62 bits per heavy atom. The first kappa shape index (κ1) is 16.2. The monoisotopic (exact) mass is 366 g/mol. The average molecular weight is 366 g/mol. The zero-order valence-corrected chi connectivity index (χ0v) is 15.2. The van der Waals surface area contributed by atoms with Crippen LogP contribution in [0.25, 0.3) is 0 Å². The number of aromatic nitrogens is 4. The van der Waals surface area contributed by atoms with E-state index in [2.05, 4.69) is 25.9 Å². The van der Waals surface area contributed by atoms with Gasteiger partial charge in [0.25, 0.3) is 5.56 Å². The van der Waals surface area contributed by atoms with Crippen molar-refractivity contribution in [1.82, 2.24) is 19.6 Å². The van der Waals surface area contributed by atoms with E-state index < -0.39 is 11.9 Å². The molecule has 2 saturated carbocycles. The van der Waals surface area contributed by atoms with Crippen LogP contribution in [0, 0.1) is 10.8 Å². The number of aromatic amines is 1. The van der Waals surface area contributed by atoms with Gasteiger partial charge in [-0.05, 0) is 29.6 Å². The Balaban J connectivity index is 1.64. The molecule has 2 heterocycles. The number of nitrogens with one attached hydrogen (secondary N) is 1. The van der Waals surface area contributed by atoms with E-state index in [1.165, 1.54) is 4.68 Å². The molecule has 2 fully saturated rings. The van der Waals surface area contributed by atoms with Crippen molar-refractivity contribution in [2.75, 3.05) is 0 Å². The minimum atomic E-state index is -4.52. The first-order chi connectivity index (χ1) is 12.0. The standard InChI is InChI=1S/C18H21F3N4O/c1-15(2)16(3)13-11(10-5-6-17(10,15)16)14(26)25(24(13)4)8-9-7-22-23-12(9)18(19,20)21/h7,10H,5-6,8H2,1-4H3,(H,22,23)/t10?,16-,17?/m1/s1. The molecule has 1 N–H and O–H groups in total. The van der Waals surface area contributed by atoms with Crippen molar-refractivity contribution in [2.45, 2.75) is 57.7 Å². The van der Waals surface area contributed by atoms with Crippen LogP contribution in [0.1, 0.15) is 62.0 Å². The molecule has 3 aliphatic carbocycles. The minimum Gasteiger partial charge on any atom is -0.289 e. The molecule has 0 amide bonds. The van der Waals surface area contributed by atoms with Gasteiger partial charge >= 0.3 is 6.18 Å². The van der Waals surface area contributed by atoms with Gasteiger partial charge in [0.05, 0.1) is 18.4 Å². The van der Waals surface area contributed by atoms with Crippen LogP contribution in [-0.4, -0.2) is 19.6 Å². The molecule has 0 saturated heterocycles. The maximum atomic E-state index is 13.1. The molecule has 0 aromatic carbocycles. The lowest BCUT2D eigenvalue weighted by Gasteiger charge is -2.38. The van der Waals surface area contributed by atoms with E-state index in [1.807, 2.05) is 5.10 Å². The molecule has 5 nitrogen and oxygen atoms in total. The van der Waals surface area contributed by atoms with Crippen LogP contribution in [0.3, 0.4) is 0 Å². The number of fused-ring (bicyclic) bond motifs is 3. The Morgan fingerprint density at radius 2 is 2.04 bits per heavy atom. The predicted octanol–water partition coefficient (Wildman–Crippen LogP) is 3.15. The number of H-pyrrole nitrogens is 1. The highest BCUT2D eigenvalue weighted by Gasteiger charge is 2.89. The van der Waals surface area contributed by atoms with Crippen LogP contribution in [-0.2, 0) is 25.2 Å². The molecule has 5 rings (SSSR count). The van der Waals surface area contributed by atoms with Gasteiger partial charge in [-0.3, -0.25) is 14.6 Å². The molecule has 2 unspecified atom stereocenters. The fourth-order valence-corrected chi connectivity index (χ4v) is 6.65. The van der Waals surface area contributed by atoms with E-state index in [0.717, 1.165) is 30.3 Å². The van der Waals surface area contributed by atoms with Gasteiger partial charge in [0.2, 0.25) is 0 Å². The van der Waals surface area contributed by atoms with Gasteiger partial charge in [0.15, 0.2) is 0 Å². The first-order valence-electron chi connectivity index (χ1n) is 8.89. The highest BCUT2D eigenvalue weighted by atomic mass is 19.4. The van der Waals surface area contributed by atoms with E-state index in [9.17, 15) is 18.0 Å². The molecule has 2 aromatic heterocycles. The van der Waals surface area contributed by atoms with Crippen LogP contribution in [0.5, 0.6) is 0 Å². The molecule has 3 aliphatic rings. The average Bonchev–Trinajstić information content (AvgIpc) is 2.89. The van der Waals surface area contributed by atoms with Crippen LogP contribution < -0.4 is 5.56 Å². The van der Waals surface area contributed by atoms with E-state index in [0.29, 0.717) is 0 Å². The second kappa shape index (κ2) is 4.12. The topological polar surface area (TPSA) is 55.6 Å². The van der Waals surface area contributed by atoms with E-state index in [4.69, 9.17) is 0 Å². The second-order valence-corrected chi connectivity index (χ2v) is 8.73. The third kappa shape index (κ3) is 1.34. The zero-order chi connectivity index (χ0) is 18.9. The Morgan fingerprint density at radius 1 is 1.35 bits per heavy atom. The third-order valence-corrected chi connectivity index (χ3v) is 8.17. The molecular formula is C18H21F3N4O. The number of alkyl halides is 3. The zero-order valence-electron chi connectivity index (χ0n) is 15.2. The van der Waals surface area contributed by atoms with Gasteiger partial charge in [-0.2, -0.15) is 18.3 Å². The van der Waals surface area contributed by atoms with Crippen molar-refractivity contribution >= 4 is 0 Å². The second-order valence-electron chi connectivity index (χ2n) is 8.73. The summed E-state index contributed by atoms with van der Waals surface area (Å²) in [5.74, 6) is 0.240. The summed E-state index contributed by atoms with van der Waals surface area (Å²) in [7, 11) is 1.80. The van der Waals surface area contributed by atoms with E-state index >= 15 is 0 Å². The first-order valence-corrected chi connectivity index (χ1v) is 8.89. The number of halogens is 3. The van der Waals surface area contributed by atoms with Crippen molar-refractivity contribution in [3.8, 4) is 0 Å². The number of hydrogen-bond acceptors (Lipinski definition) is 2. The highest BCUT2D eigenvalue weighted by Crippen LogP contribution is 2.92. The smallest absolute Gasteiger partial charge is 0.289 e. The van der Waals surface area contributed by atoms with Gasteiger partial charge in [0.1, 0.15) is 5.69 Å². The van der Waals surface area contributed by atoms with Gasteiger partial charge in [-0.15, -0.1) is 0 Å². The van der Waals surface area contributed by atoms with Gasteiger partial charge in [0, 0.05) is 23.6 Å². The largest absolute Gasteiger partial charge is 0.433 e. The molecule has 2 aromatic rings. The predicted molar refractivity (Wildman–Crippen MR) is 87.9 cm³/mol. The maximum absolute atomic E-state index is 13.1. The maximum Gasteiger partial charge on any atom is 0.433 e. The van der Waals surface area contributed by atoms with Gasteiger partial charge in [-0.1, -0.05) is 20.8 Å². The van der Waals surface area contributed by atoms with Crippen molar-refractivity contribution in [3.05, 3.63) is 39.1 Å². The van der Waals surface area contributed by atoms with Crippen molar-refractivity contribution in [3.63, 3.8) is 0 Å². The van der Waals surface area contributed by atoms with Crippen molar-refractivity contribution in [1.29, 1.82) is 0 Å². The molecular weight excluding hydrogens is 345 g/mol. The van der Waals surface area contributed by atoms with Crippen LogP contribution in [0.2, 0.25) is 0 Å². The molecule has 26 heavy (non-hydrogen) atoms. The lowest BCUT2D eigenvalue weighted by atomic mass is 9.65. The van der Waals surface area contributed by atoms with Crippen molar-refractivity contribution < 1.29 is 13.2 Å². The number of nitrogens with zero attached hydrogens (tertiary/aromatic N) is 3. The Kier molecular flexibility index (Phi) is 2.57. The molecule has 0 bridgehead atoms. The highest BCUT2D eigenvalue weighted by molar-refractivity contribution is 5.58. The Bertz CT molecular complexity index is 1010. The summed E-state index contributed by atoms with van der Waals surface area (Å²) in [6, 6.07) is 0. The quantitative estimate of drug-likeness (QED) is 0.888. The van der Waals surface area contributed by atoms with Crippen LogP contribution >= 0.6 is 0 Å². The number of rotatable bonds is 2. The van der Waals surface area contributed by atoms with Gasteiger partial charge in [-0.25, -0.2) is 4.68 Å². The summed E-state index contributed by atoms with van der Waals surface area (Å²) < 4.78 is 42.6. The van der Waals surface area contributed by atoms with Crippen LogP contribution in [0.15, 0.2) is 11.0 Å². The van der Waals surface area contributed by atoms with Crippen LogP contribution in [0.4, 0.5) is 13.2 Å². The lowest BCUT2D eigenvalue weighted by molar-refractivity contribution is -0.141. The SMILES string of the molecule is Cn1c2c(c(=O)n1Cc1cn[nH]c1C(F)(F)F)C1CCC13C(C)(C)[C@@]23C. The van der Waals surface area contributed by atoms with E-state index in [1.54, 1.807) is 11.7 Å². The van der Waals surface area contributed by atoms with E-state index in [-0.39, 0.29) is 39.8 Å². The summed E-state index contributed by atoms with van der Waals surface area (Å²) in [5.41, 5.74) is 0.989. The van der Waals surface area contributed by atoms with Gasteiger partial charge < -0.3 is 0 Å². The summed E-state index contributed by atoms with van der Waals surface area (Å²) in [5, 5.41) is 5.55. The normalized spacial score (nSPS) is 33.4. The lowest BCUT2D eigenvalue weighted by Crippen LogP contribution is -2.34. The summed E-state index contributed by atoms with van der Waals surface area (Å²) in [6.07, 6.45) is -1.25. The molecule has 0 radical (unpaired) electrons. The molecule has 0 aliphatic heterocycles. The molecule has 3 atom stereocenters.